The summed E-state index contributed by atoms with van der Waals surface area (Å²) >= 11 is 22.6. The van der Waals surface area contributed by atoms with Gasteiger partial charge in [0, 0.05) is 5.69 Å². The van der Waals surface area contributed by atoms with Crippen LogP contribution >= 0.6 is 47.0 Å². The molecule has 1 amide bonds. The third kappa shape index (κ3) is 6.04. The fourth-order valence-corrected chi connectivity index (χ4v) is 2.17. The van der Waals surface area contributed by atoms with Crippen molar-refractivity contribution >= 4 is 63.9 Å². The maximum Gasteiger partial charge on any atom is 0.408 e. The van der Waals surface area contributed by atoms with Gasteiger partial charge in [0.15, 0.2) is 11.3 Å². The number of nitrogens with one attached hydrogen (secondary N) is 3. The molecule has 1 atom stereocenters. The van der Waals surface area contributed by atoms with Crippen LogP contribution in [0.5, 0.6) is 0 Å². The van der Waals surface area contributed by atoms with Crippen LogP contribution in [0.3, 0.4) is 0 Å². The minimum absolute atomic E-state index is 0.194. The molecule has 0 spiro atoms. The molecule has 0 bridgehead atoms. The molecule has 0 aromatic heterocycles. The van der Waals surface area contributed by atoms with Crippen LogP contribution in [0, 0.1) is 13.8 Å². The van der Waals surface area contributed by atoms with Crippen LogP contribution in [0.4, 0.5) is 10.5 Å². The molecule has 0 unspecified atom stereocenters. The Morgan fingerprint density at radius 2 is 1.91 bits per heavy atom. The van der Waals surface area contributed by atoms with E-state index in [2.05, 4.69) is 20.7 Å². The van der Waals surface area contributed by atoms with Crippen molar-refractivity contribution in [3.63, 3.8) is 0 Å². The first-order chi connectivity index (χ1) is 10.1. The average molecular weight is 385 g/mol. The van der Waals surface area contributed by atoms with Gasteiger partial charge in [-0.15, -0.1) is 0 Å². The molecule has 122 valence electrons. The number of thiocarbonyl (C=S) groups is 1. The number of halogens is 3. The highest BCUT2D eigenvalue weighted by Gasteiger charge is 2.35. The summed E-state index contributed by atoms with van der Waals surface area (Å²) in [5.74, 6) is 0. The molecule has 0 heterocycles. The minimum atomic E-state index is -1.82. The number of benzene rings is 1. The first-order valence-corrected chi connectivity index (χ1v) is 7.73. The zero-order chi connectivity index (χ0) is 16.9. The molecular weight excluding hydrogens is 369 g/mol. The van der Waals surface area contributed by atoms with E-state index < -0.39 is 16.1 Å². The second-order valence-corrected chi connectivity index (χ2v) is 7.30. The zero-order valence-corrected chi connectivity index (χ0v) is 15.3. The van der Waals surface area contributed by atoms with E-state index in [1.807, 2.05) is 32.0 Å². The third-order valence-corrected chi connectivity index (χ3v) is 3.56. The van der Waals surface area contributed by atoms with E-state index >= 15 is 0 Å². The van der Waals surface area contributed by atoms with Crippen LogP contribution in [-0.4, -0.2) is 28.3 Å². The first-order valence-electron chi connectivity index (χ1n) is 6.19. The lowest BCUT2D eigenvalue weighted by Gasteiger charge is -2.27. The molecule has 0 saturated heterocycles. The summed E-state index contributed by atoms with van der Waals surface area (Å²) in [7, 11) is 1.21. The Morgan fingerprint density at radius 3 is 2.41 bits per heavy atom. The van der Waals surface area contributed by atoms with Gasteiger partial charge < -0.3 is 15.4 Å². The summed E-state index contributed by atoms with van der Waals surface area (Å²) < 4.78 is 2.66. The highest BCUT2D eigenvalue weighted by atomic mass is 35.6. The van der Waals surface area contributed by atoms with Gasteiger partial charge in [-0.25, -0.2) is 4.79 Å². The van der Waals surface area contributed by atoms with Gasteiger partial charge in [0.05, 0.1) is 7.11 Å². The van der Waals surface area contributed by atoms with Crippen molar-refractivity contribution < 1.29 is 9.53 Å². The van der Waals surface area contributed by atoms with E-state index in [0.29, 0.717) is 0 Å². The zero-order valence-electron chi connectivity index (χ0n) is 12.2. The monoisotopic (exact) mass is 383 g/mol. The number of carbonyl (C=O) groups is 1. The van der Waals surface area contributed by atoms with E-state index in [4.69, 9.17) is 47.0 Å². The molecule has 9 heteroatoms. The van der Waals surface area contributed by atoms with Gasteiger partial charge in [0.25, 0.3) is 0 Å². The number of alkyl carbamates (subject to hydrolysis) is 1. The molecular formula is C13H16Cl3N3O2S. The maximum atomic E-state index is 11.3. The molecule has 0 fully saturated rings. The number of rotatable bonds is 3. The highest BCUT2D eigenvalue weighted by Crippen LogP contribution is 2.29. The smallest absolute Gasteiger partial charge is 0.408 e. The quantitative estimate of drug-likeness (QED) is 0.422. The summed E-state index contributed by atoms with van der Waals surface area (Å²) in [5.41, 5.74) is 2.95. The second kappa shape index (κ2) is 8.06. The fraction of sp³-hybridized carbons (Fsp3) is 0.385. The SMILES string of the molecule is COC(=O)N[C@H](NC(=S)Nc1ccc(C)cc1C)C(Cl)(Cl)Cl. The molecule has 0 aliphatic heterocycles. The van der Waals surface area contributed by atoms with Crippen molar-refractivity contribution in [1.29, 1.82) is 0 Å². The van der Waals surface area contributed by atoms with Crippen molar-refractivity contribution in [3.05, 3.63) is 29.3 Å². The number of anilines is 1. The molecule has 3 N–H and O–H groups in total. The van der Waals surface area contributed by atoms with Crippen LogP contribution in [0.25, 0.3) is 0 Å². The molecule has 1 aromatic carbocycles. The number of methoxy groups -OCH3 is 1. The summed E-state index contributed by atoms with van der Waals surface area (Å²) in [6.45, 7) is 3.93. The van der Waals surface area contributed by atoms with Crippen molar-refractivity contribution in [2.24, 2.45) is 0 Å². The van der Waals surface area contributed by atoms with Crippen molar-refractivity contribution in [1.82, 2.24) is 10.6 Å². The number of alkyl halides is 3. The largest absolute Gasteiger partial charge is 0.453 e. The Morgan fingerprint density at radius 1 is 1.27 bits per heavy atom. The predicted octanol–water partition coefficient (Wildman–Crippen LogP) is 3.64. The number of carbonyl (C=O) groups excluding carboxylic acids is 1. The van der Waals surface area contributed by atoms with Gasteiger partial charge in [0.2, 0.25) is 3.79 Å². The Labute approximate surface area is 149 Å². The molecule has 0 aliphatic rings. The van der Waals surface area contributed by atoms with Gasteiger partial charge in [-0.05, 0) is 37.7 Å². The average Bonchev–Trinajstić information content (AvgIpc) is 2.40. The normalized spacial score (nSPS) is 12.3. The Hall–Kier alpha value is -0.950. The number of hydrogen-bond donors (Lipinski definition) is 3. The second-order valence-electron chi connectivity index (χ2n) is 4.53. The molecule has 0 saturated carbocycles. The van der Waals surface area contributed by atoms with Gasteiger partial charge in [-0.3, -0.25) is 5.32 Å². The van der Waals surface area contributed by atoms with E-state index in [9.17, 15) is 4.79 Å². The van der Waals surface area contributed by atoms with Gasteiger partial charge in [-0.2, -0.15) is 0 Å². The molecule has 1 aromatic rings. The topological polar surface area (TPSA) is 62.4 Å². The van der Waals surface area contributed by atoms with Crippen molar-refractivity contribution in [2.45, 2.75) is 23.8 Å². The number of hydrogen-bond acceptors (Lipinski definition) is 3. The minimum Gasteiger partial charge on any atom is -0.453 e. The molecule has 22 heavy (non-hydrogen) atoms. The Balaban J connectivity index is 2.76. The van der Waals surface area contributed by atoms with Gasteiger partial charge >= 0.3 is 6.09 Å². The van der Waals surface area contributed by atoms with E-state index in [1.54, 1.807) is 0 Å². The standard InChI is InChI=1S/C13H16Cl3N3O2S/c1-7-4-5-9(8(2)6-7)17-11(22)18-10(13(14,15)16)19-12(20)21-3/h4-6,10H,1-3H3,(H,19,20)(H2,17,18,22)/t10-/m0/s1. The Bertz CT molecular complexity index is 564. The number of ether oxygens (including phenoxy) is 1. The molecule has 5 nitrogen and oxygen atoms in total. The van der Waals surface area contributed by atoms with Crippen LogP contribution < -0.4 is 16.0 Å². The summed E-state index contributed by atoms with van der Waals surface area (Å²) in [6.07, 6.45) is -1.81. The third-order valence-electron chi connectivity index (χ3n) is 2.68. The first kappa shape index (κ1) is 19.1. The maximum absolute atomic E-state index is 11.3. The van der Waals surface area contributed by atoms with E-state index in [0.717, 1.165) is 16.8 Å². The van der Waals surface area contributed by atoms with Crippen LogP contribution in [0.2, 0.25) is 0 Å². The van der Waals surface area contributed by atoms with Crippen LogP contribution in [0.1, 0.15) is 11.1 Å². The number of amides is 1. The van der Waals surface area contributed by atoms with Gasteiger partial charge in [-0.1, -0.05) is 52.5 Å². The summed E-state index contributed by atoms with van der Waals surface area (Å²) in [6, 6.07) is 5.83. The predicted molar refractivity (Wildman–Crippen MR) is 94.9 cm³/mol. The van der Waals surface area contributed by atoms with Crippen molar-refractivity contribution in [3.8, 4) is 0 Å². The molecule has 1 rings (SSSR count). The van der Waals surface area contributed by atoms with Crippen LogP contribution in [-0.2, 0) is 4.74 Å². The highest BCUT2D eigenvalue weighted by molar-refractivity contribution is 7.80. The summed E-state index contributed by atoms with van der Waals surface area (Å²) in [4.78, 5) is 11.3. The van der Waals surface area contributed by atoms with Gasteiger partial charge in [0.1, 0.15) is 0 Å². The molecule has 0 radical (unpaired) electrons. The van der Waals surface area contributed by atoms with Crippen molar-refractivity contribution in [2.75, 3.05) is 12.4 Å². The lowest BCUT2D eigenvalue weighted by atomic mass is 10.1. The van der Waals surface area contributed by atoms with E-state index in [-0.39, 0.29) is 5.11 Å². The fourth-order valence-electron chi connectivity index (χ4n) is 1.62. The number of aryl methyl sites for hydroxylation is 2. The van der Waals surface area contributed by atoms with Crippen LogP contribution in [0.15, 0.2) is 18.2 Å². The lowest BCUT2D eigenvalue weighted by molar-refractivity contribution is 0.166. The molecule has 0 aliphatic carbocycles. The van der Waals surface area contributed by atoms with E-state index in [1.165, 1.54) is 7.11 Å². The Kier molecular flexibility index (Phi) is 6.99. The summed E-state index contributed by atoms with van der Waals surface area (Å²) in [5, 5.41) is 8.25. The lowest BCUT2D eigenvalue weighted by Crippen LogP contribution is -2.56.